The third kappa shape index (κ3) is 6.03. The normalized spacial score (nSPS) is 23.4. The highest BCUT2D eigenvalue weighted by atomic mass is 16.6. The number of amides is 2. The van der Waals surface area contributed by atoms with Gasteiger partial charge in [-0.05, 0) is 78.9 Å². The first kappa shape index (κ1) is 30.7. The van der Waals surface area contributed by atoms with Crippen LogP contribution < -0.4 is 4.90 Å². The van der Waals surface area contributed by atoms with Gasteiger partial charge in [0.1, 0.15) is 18.1 Å². The summed E-state index contributed by atoms with van der Waals surface area (Å²) in [6.07, 6.45) is 4.77. The average molecular weight is 610 g/mol. The fraction of sp³-hybridized carbons (Fsp3) is 0.353. The Morgan fingerprint density at radius 1 is 1.09 bits per heavy atom. The summed E-state index contributed by atoms with van der Waals surface area (Å²) in [5, 5.41) is 31.8. The zero-order valence-corrected chi connectivity index (χ0v) is 25.0. The molecule has 3 aromatic rings. The Morgan fingerprint density at radius 2 is 1.89 bits per heavy atom. The summed E-state index contributed by atoms with van der Waals surface area (Å²) in [5.74, 6) is -1.33. The van der Waals surface area contributed by atoms with Gasteiger partial charge in [-0.15, -0.1) is 0 Å². The highest BCUT2D eigenvalue weighted by molar-refractivity contribution is 6.43. The van der Waals surface area contributed by atoms with Gasteiger partial charge in [-0.3, -0.25) is 19.7 Å². The van der Waals surface area contributed by atoms with Crippen LogP contribution in [-0.2, 0) is 20.9 Å². The molecule has 6 rings (SSSR count). The third-order valence-corrected chi connectivity index (χ3v) is 9.13. The van der Waals surface area contributed by atoms with Crippen molar-refractivity contribution in [2.75, 3.05) is 4.90 Å². The quantitative estimate of drug-likeness (QED) is 0.0964. The van der Waals surface area contributed by atoms with Crippen LogP contribution in [0.25, 0.3) is 11.6 Å². The number of nitrogens with zero attached hydrogens (tertiary/aromatic N) is 2. The van der Waals surface area contributed by atoms with E-state index in [2.05, 4.69) is 6.92 Å². The first-order valence-electron chi connectivity index (χ1n) is 15.4. The number of hydrogen-bond acceptors (Lipinski definition) is 8. The Morgan fingerprint density at radius 3 is 2.60 bits per heavy atom. The molecular formula is C34H35BN2O8. The Kier molecular flexibility index (Phi) is 8.84. The predicted octanol–water partition coefficient (Wildman–Crippen LogP) is 5.80. The van der Waals surface area contributed by atoms with Crippen LogP contribution in [0.5, 0.6) is 0 Å². The van der Waals surface area contributed by atoms with Gasteiger partial charge in [-0.25, -0.2) is 4.90 Å². The molecule has 2 N–H and O–H groups in total. The van der Waals surface area contributed by atoms with Crippen LogP contribution in [-0.4, -0.2) is 40.1 Å². The summed E-state index contributed by atoms with van der Waals surface area (Å²) in [4.78, 5) is 39.8. The standard InChI is InChI=1S/C34H35BN2O8/c1-2-7-23-17-28-32(34(40)36(33(28)39)24-10-6-11-25(18-24)37(42)43)29-19-35(41)45-30(31(23)29)15-12-22(21-8-4-3-5-9-21)16-26-13-14-27(20-38)44-26/h3-6,8-11,13-14,16,18,28-30,32,38,41H,2,7,12,15,17,19-20H2,1H3/b22-16-/t28-,29+,30-,32-/m1/s1. The van der Waals surface area contributed by atoms with E-state index in [1.54, 1.807) is 12.1 Å². The van der Waals surface area contributed by atoms with Crippen molar-refractivity contribution in [2.45, 2.75) is 58.1 Å². The summed E-state index contributed by atoms with van der Waals surface area (Å²) in [7, 11) is -1.11. The molecule has 0 radical (unpaired) electrons. The van der Waals surface area contributed by atoms with E-state index in [0.29, 0.717) is 30.8 Å². The number of nitro benzene ring substituents is 1. The van der Waals surface area contributed by atoms with Gasteiger partial charge in [0.15, 0.2) is 0 Å². The van der Waals surface area contributed by atoms with Gasteiger partial charge in [-0.2, -0.15) is 0 Å². The monoisotopic (exact) mass is 610 g/mol. The number of fused-ring (bicyclic) bond motifs is 3. The van der Waals surface area contributed by atoms with Crippen molar-refractivity contribution in [1.82, 2.24) is 0 Å². The van der Waals surface area contributed by atoms with E-state index in [4.69, 9.17) is 9.07 Å². The number of carbonyl (C=O) groups excluding carboxylic acids is 2. The summed E-state index contributed by atoms with van der Waals surface area (Å²) in [5.41, 5.74) is 4.08. The number of allylic oxidation sites excluding steroid dienone is 2. The van der Waals surface area contributed by atoms with Gasteiger partial charge in [0.25, 0.3) is 5.69 Å². The van der Waals surface area contributed by atoms with Crippen LogP contribution in [0, 0.1) is 27.9 Å². The Bertz CT molecular complexity index is 1660. The SMILES string of the molecule is CCCC1=C2[C@@H](CC/C(=C/c3ccc(CO)o3)c3ccccc3)OB(O)C[C@@H]2[C@@H]2C(=O)N(c3cccc([N+](=O)[O-])c3)C(=O)[C@@H]2C1. The molecule has 0 bridgehead atoms. The molecule has 2 amide bonds. The summed E-state index contributed by atoms with van der Waals surface area (Å²) in [6, 6.07) is 19.0. The number of anilines is 1. The lowest BCUT2D eigenvalue weighted by Gasteiger charge is -2.43. The Balaban J connectivity index is 1.32. The van der Waals surface area contributed by atoms with Crippen molar-refractivity contribution < 1.29 is 33.7 Å². The molecule has 2 saturated heterocycles. The molecule has 1 aromatic heterocycles. The zero-order chi connectivity index (χ0) is 31.7. The topological polar surface area (TPSA) is 143 Å². The van der Waals surface area contributed by atoms with Gasteiger partial charge >= 0.3 is 7.12 Å². The molecule has 2 fully saturated rings. The smallest absolute Gasteiger partial charge is 0.455 e. The largest absolute Gasteiger partial charge is 0.459 e. The van der Waals surface area contributed by atoms with E-state index >= 15 is 0 Å². The van der Waals surface area contributed by atoms with Gasteiger partial charge in [0, 0.05) is 12.1 Å². The maximum Gasteiger partial charge on any atom is 0.455 e. The highest BCUT2D eigenvalue weighted by Crippen LogP contribution is 2.52. The Hall–Kier alpha value is -4.32. The summed E-state index contributed by atoms with van der Waals surface area (Å²) in [6.45, 7) is 1.87. The lowest BCUT2D eigenvalue weighted by molar-refractivity contribution is -0.384. The second-order valence-electron chi connectivity index (χ2n) is 11.9. The molecule has 2 aromatic carbocycles. The molecule has 4 atom stereocenters. The van der Waals surface area contributed by atoms with Crippen LogP contribution in [0.4, 0.5) is 11.4 Å². The van der Waals surface area contributed by atoms with Crippen molar-refractivity contribution in [3.8, 4) is 0 Å². The van der Waals surface area contributed by atoms with Crippen LogP contribution >= 0.6 is 0 Å². The molecule has 11 heteroatoms. The van der Waals surface area contributed by atoms with E-state index in [-0.39, 0.29) is 36.1 Å². The van der Waals surface area contributed by atoms with E-state index in [9.17, 15) is 29.8 Å². The fourth-order valence-corrected chi connectivity index (χ4v) is 7.27. The van der Waals surface area contributed by atoms with Crippen LogP contribution in [0.1, 0.15) is 56.1 Å². The number of carbonyl (C=O) groups is 2. The molecule has 0 spiro atoms. The van der Waals surface area contributed by atoms with Gasteiger partial charge < -0.3 is 19.2 Å². The number of aliphatic hydroxyl groups is 1. The molecule has 3 heterocycles. The first-order valence-corrected chi connectivity index (χ1v) is 15.4. The molecular weight excluding hydrogens is 575 g/mol. The lowest BCUT2D eigenvalue weighted by Crippen LogP contribution is -2.46. The van der Waals surface area contributed by atoms with Crippen LogP contribution in [0.15, 0.2) is 82.3 Å². The highest BCUT2D eigenvalue weighted by Gasteiger charge is 2.57. The zero-order valence-electron chi connectivity index (χ0n) is 25.0. The minimum atomic E-state index is -1.11. The van der Waals surface area contributed by atoms with Crippen molar-refractivity contribution in [1.29, 1.82) is 0 Å². The Labute approximate surface area is 261 Å². The number of furan rings is 1. The van der Waals surface area contributed by atoms with E-state index < -0.39 is 35.9 Å². The molecule has 45 heavy (non-hydrogen) atoms. The number of aliphatic hydroxyl groups excluding tert-OH is 1. The predicted molar refractivity (Wildman–Crippen MR) is 168 cm³/mol. The minimum absolute atomic E-state index is 0.191. The molecule has 10 nitrogen and oxygen atoms in total. The van der Waals surface area contributed by atoms with Gasteiger partial charge in [0.05, 0.1) is 28.6 Å². The van der Waals surface area contributed by atoms with Gasteiger partial charge in [-0.1, -0.05) is 55.3 Å². The maximum absolute atomic E-state index is 14.0. The molecule has 2 aliphatic heterocycles. The molecule has 232 valence electrons. The summed E-state index contributed by atoms with van der Waals surface area (Å²) >= 11 is 0. The number of nitro groups is 1. The maximum atomic E-state index is 14.0. The van der Waals surface area contributed by atoms with Crippen molar-refractivity contribution in [3.63, 3.8) is 0 Å². The number of hydrogen-bond donors (Lipinski definition) is 2. The second kappa shape index (κ2) is 13.0. The molecule has 3 aliphatic rings. The second-order valence-corrected chi connectivity index (χ2v) is 11.9. The number of imide groups is 1. The summed E-state index contributed by atoms with van der Waals surface area (Å²) < 4.78 is 11.9. The van der Waals surface area contributed by atoms with Crippen molar-refractivity contribution >= 4 is 42.0 Å². The molecule has 0 unspecified atom stereocenters. The molecule has 1 aliphatic carbocycles. The van der Waals surface area contributed by atoms with E-state index in [1.807, 2.05) is 42.5 Å². The van der Waals surface area contributed by atoms with E-state index in [0.717, 1.165) is 40.0 Å². The number of non-ortho nitro benzene ring substituents is 1. The van der Waals surface area contributed by atoms with E-state index in [1.165, 1.54) is 18.2 Å². The fourth-order valence-electron chi connectivity index (χ4n) is 7.27. The number of rotatable bonds is 10. The third-order valence-electron chi connectivity index (χ3n) is 9.13. The average Bonchev–Trinajstić information content (AvgIpc) is 3.60. The van der Waals surface area contributed by atoms with Crippen molar-refractivity contribution in [2.24, 2.45) is 17.8 Å². The first-order chi connectivity index (χ1) is 21.8. The van der Waals surface area contributed by atoms with Gasteiger partial charge in [0.2, 0.25) is 11.8 Å². The van der Waals surface area contributed by atoms with Crippen LogP contribution in [0.2, 0.25) is 6.32 Å². The van der Waals surface area contributed by atoms with Crippen molar-refractivity contribution in [3.05, 3.63) is 105 Å². The molecule has 0 saturated carbocycles. The number of benzene rings is 2. The minimum Gasteiger partial charge on any atom is -0.459 e. The van der Waals surface area contributed by atoms with Crippen LogP contribution in [0.3, 0.4) is 0 Å². The lowest BCUT2D eigenvalue weighted by atomic mass is 9.58.